The van der Waals surface area contributed by atoms with Crippen LogP contribution in [0.4, 0.5) is 0 Å². The molecule has 0 bridgehead atoms. The summed E-state index contributed by atoms with van der Waals surface area (Å²) in [6, 6.07) is 1.04. The molecule has 1 fully saturated rings. The summed E-state index contributed by atoms with van der Waals surface area (Å²) in [6.07, 6.45) is 2.51. The summed E-state index contributed by atoms with van der Waals surface area (Å²) in [7, 11) is 2.17. The van der Waals surface area contributed by atoms with Gasteiger partial charge >= 0.3 is 0 Å². The Bertz CT molecular complexity index is 115. The number of nitrogens with two attached hydrogens (primary N) is 1. The Morgan fingerprint density at radius 1 is 1.45 bits per heavy atom. The Labute approximate surface area is 69.8 Å². The van der Waals surface area contributed by atoms with Crippen LogP contribution in [0, 0.1) is 5.92 Å². The van der Waals surface area contributed by atoms with Gasteiger partial charge in [-0.3, -0.25) is 0 Å². The molecule has 66 valence electrons. The fourth-order valence-electron chi connectivity index (χ4n) is 2.19. The van der Waals surface area contributed by atoms with Gasteiger partial charge in [0.1, 0.15) is 0 Å². The SMILES string of the molecule is CCN(C)C1C(C)CCC1N. The fraction of sp³-hybridized carbons (Fsp3) is 1.00. The first-order valence-corrected chi connectivity index (χ1v) is 4.62. The third-order valence-electron chi connectivity index (χ3n) is 2.98. The van der Waals surface area contributed by atoms with E-state index in [2.05, 4.69) is 25.8 Å². The molecule has 0 spiro atoms. The summed E-state index contributed by atoms with van der Waals surface area (Å²) in [4.78, 5) is 2.38. The summed E-state index contributed by atoms with van der Waals surface area (Å²) >= 11 is 0. The number of hydrogen-bond donors (Lipinski definition) is 1. The molecule has 1 aliphatic rings. The molecule has 0 saturated heterocycles. The molecule has 0 aromatic rings. The highest BCUT2D eigenvalue weighted by molar-refractivity contribution is 4.91. The summed E-state index contributed by atoms with van der Waals surface area (Å²) in [6.45, 7) is 5.62. The molecule has 1 aliphatic carbocycles. The molecule has 11 heavy (non-hydrogen) atoms. The molecule has 0 aliphatic heterocycles. The Balaban J connectivity index is 2.53. The maximum Gasteiger partial charge on any atom is 0.0269 e. The third kappa shape index (κ3) is 1.74. The van der Waals surface area contributed by atoms with Crippen LogP contribution in [0.2, 0.25) is 0 Å². The second-order valence-electron chi connectivity index (χ2n) is 3.78. The lowest BCUT2D eigenvalue weighted by Gasteiger charge is -2.29. The van der Waals surface area contributed by atoms with E-state index >= 15 is 0 Å². The number of rotatable bonds is 2. The lowest BCUT2D eigenvalue weighted by atomic mass is 10.0. The van der Waals surface area contributed by atoms with E-state index in [1.165, 1.54) is 12.8 Å². The Morgan fingerprint density at radius 2 is 2.09 bits per heavy atom. The van der Waals surface area contributed by atoms with Crippen LogP contribution in [0.5, 0.6) is 0 Å². The molecule has 0 radical (unpaired) electrons. The van der Waals surface area contributed by atoms with Crippen molar-refractivity contribution in [3.05, 3.63) is 0 Å². The second-order valence-corrected chi connectivity index (χ2v) is 3.78. The van der Waals surface area contributed by atoms with E-state index in [0.29, 0.717) is 12.1 Å². The van der Waals surface area contributed by atoms with Crippen molar-refractivity contribution in [3.63, 3.8) is 0 Å². The molecule has 2 N–H and O–H groups in total. The highest BCUT2D eigenvalue weighted by Crippen LogP contribution is 2.27. The minimum absolute atomic E-state index is 0.412. The predicted octanol–water partition coefficient (Wildman–Crippen LogP) is 1.06. The van der Waals surface area contributed by atoms with Gasteiger partial charge in [-0.1, -0.05) is 13.8 Å². The largest absolute Gasteiger partial charge is 0.326 e. The van der Waals surface area contributed by atoms with Crippen LogP contribution in [0.3, 0.4) is 0 Å². The third-order valence-corrected chi connectivity index (χ3v) is 2.98. The van der Waals surface area contributed by atoms with Crippen molar-refractivity contribution in [3.8, 4) is 0 Å². The van der Waals surface area contributed by atoms with Gasteiger partial charge in [-0.25, -0.2) is 0 Å². The molecule has 2 heteroatoms. The monoisotopic (exact) mass is 156 g/mol. The lowest BCUT2D eigenvalue weighted by molar-refractivity contribution is 0.200. The first-order chi connectivity index (χ1) is 5.16. The van der Waals surface area contributed by atoms with Gasteiger partial charge in [0, 0.05) is 12.1 Å². The van der Waals surface area contributed by atoms with E-state index in [1.54, 1.807) is 0 Å². The molecule has 0 aromatic carbocycles. The van der Waals surface area contributed by atoms with Crippen molar-refractivity contribution in [2.45, 2.75) is 38.8 Å². The molecule has 3 atom stereocenters. The quantitative estimate of drug-likeness (QED) is 0.648. The second kappa shape index (κ2) is 3.55. The smallest absolute Gasteiger partial charge is 0.0269 e. The highest BCUT2D eigenvalue weighted by Gasteiger charge is 2.32. The van der Waals surface area contributed by atoms with Crippen LogP contribution in [0.25, 0.3) is 0 Å². The molecule has 2 nitrogen and oxygen atoms in total. The van der Waals surface area contributed by atoms with E-state index in [4.69, 9.17) is 5.73 Å². The lowest BCUT2D eigenvalue weighted by Crippen LogP contribution is -2.44. The maximum atomic E-state index is 6.00. The standard InChI is InChI=1S/C9H20N2/c1-4-11(3)9-7(2)5-6-8(9)10/h7-9H,4-6,10H2,1-3H3. The average molecular weight is 156 g/mol. The summed E-state index contributed by atoms with van der Waals surface area (Å²) in [5.41, 5.74) is 6.00. The minimum atomic E-state index is 0.412. The Hall–Kier alpha value is -0.0800. The van der Waals surface area contributed by atoms with Crippen molar-refractivity contribution < 1.29 is 0 Å². The van der Waals surface area contributed by atoms with Gasteiger partial charge in [-0.15, -0.1) is 0 Å². The van der Waals surface area contributed by atoms with Crippen LogP contribution in [-0.4, -0.2) is 30.6 Å². The van der Waals surface area contributed by atoms with Crippen molar-refractivity contribution in [1.82, 2.24) is 4.90 Å². The van der Waals surface area contributed by atoms with E-state index in [0.717, 1.165) is 12.5 Å². The van der Waals surface area contributed by atoms with E-state index < -0.39 is 0 Å². The normalized spacial score (nSPS) is 38.5. The van der Waals surface area contributed by atoms with Gasteiger partial charge < -0.3 is 10.6 Å². The summed E-state index contributed by atoms with van der Waals surface area (Å²) in [5.74, 6) is 0.787. The topological polar surface area (TPSA) is 29.3 Å². The van der Waals surface area contributed by atoms with Gasteiger partial charge in [-0.2, -0.15) is 0 Å². The van der Waals surface area contributed by atoms with Crippen molar-refractivity contribution in [1.29, 1.82) is 0 Å². The summed E-state index contributed by atoms with van der Waals surface area (Å²) in [5, 5.41) is 0. The van der Waals surface area contributed by atoms with Crippen LogP contribution in [0.1, 0.15) is 26.7 Å². The Kier molecular flexibility index (Phi) is 2.90. The average Bonchev–Trinajstić information content (AvgIpc) is 2.30. The van der Waals surface area contributed by atoms with Crippen molar-refractivity contribution >= 4 is 0 Å². The molecule has 1 saturated carbocycles. The van der Waals surface area contributed by atoms with E-state index in [9.17, 15) is 0 Å². The minimum Gasteiger partial charge on any atom is -0.326 e. The predicted molar refractivity (Wildman–Crippen MR) is 48.5 cm³/mol. The zero-order chi connectivity index (χ0) is 8.43. The molecule has 1 rings (SSSR count). The van der Waals surface area contributed by atoms with Crippen molar-refractivity contribution in [2.24, 2.45) is 11.7 Å². The summed E-state index contributed by atoms with van der Waals surface area (Å²) < 4.78 is 0. The molecule has 0 heterocycles. The first kappa shape index (κ1) is 9.01. The van der Waals surface area contributed by atoms with Gasteiger partial charge in [0.05, 0.1) is 0 Å². The van der Waals surface area contributed by atoms with Crippen LogP contribution >= 0.6 is 0 Å². The van der Waals surface area contributed by atoms with Crippen molar-refractivity contribution in [2.75, 3.05) is 13.6 Å². The zero-order valence-corrected chi connectivity index (χ0v) is 7.88. The van der Waals surface area contributed by atoms with E-state index in [1.807, 2.05) is 0 Å². The molecule has 0 aromatic heterocycles. The molecular weight excluding hydrogens is 136 g/mol. The van der Waals surface area contributed by atoms with Gasteiger partial charge in [-0.05, 0) is 32.4 Å². The van der Waals surface area contributed by atoms with Crippen LogP contribution in [-0.2, 0) is 0 Å². The van der Waals surface area contributed by atoms with Crippen LogP contribution in [0.15, 0.2) is 0 Å². The van der Waals surface area contributed by atoms with Gasteiger partial charge in [0.2, 0.25) is 0 Å². The molecule has 0 amide bonds. The number of hydrogen-bond acceptors (Lipinski definition) is 2. The highest BCUT2D eigenvalue weighted by atomic mass is 15.1. The van der Waals surface area contributed by atoms with Crippen LogP contribution < -0.4 is 5.73 Å². The van der Waals surface area contributed by atoms with E-state index in [-0.39, 0.29) is 0 Å². The molecule has 3 unspecified atom stereocenters. The molecular formula is C9H20N2. The first-order valence-electron chi connectivity index (χ1n) is 4.62. The fourth-order valence-corrected chi connectivity index (χ4v) is 2.19. The number of likely N-dealkylation sites (N-methyl/N-ethyl adjacent to an activating group) is 1. The zero-order valence-electron chi connectivity index (χ0n) is 7.88. The van der Waals surface area contributed by atoms with Gasteiger partial charge in [0.15, 0.2) is 0 Å². The number of nitrogens with zero attached hydrogens (tertiary/aromatic N) is 1. The Morgan fingerprint density at radius 3 is 2.45 bits per heavy atom. The maximum absolute atomic E-state index is 6.00. The van der Waals surface area contributed by atoms with Gasteiger partial charge in [0.25, 0.3) is 0 Å².